The molecule has 0 saturated carbocycles. The standard InChI is InChI=1S/C13H16N4O/c18-9-11-4-1-5-13-15-12(16-17(11)13)7-10-3-2-6-14-8-10/h1,4-5,9-10,14H,2-3,6-8H2. The van der Waals surface area contributed by atoms with Crippen LogP contribution in [0.25, 0.3) is 5.65 Å². The highest BCUT2D eigenvalue weighted by molar-refractivity contribution is 5.73. The van der Waals surface area contributed by atoms with E-state index >= 15 is 0 Å². The first-order valence-electron chi connectivity index (χ1n) is 6.37. The predicted octanol–water partition coefficient (Wildman–Crippen LogP) is 1.08. The molecule has 1 N–H and O–H groups in total. The van der Waals surface area contributed by atoms with Crippen LogP contribution < -0.4 is 5.32 Å². The molecule has 1 fully saturated rings. The Morgan fingerprint density at radius 1 is 1.50 bits per heavy atom. The number of hydrogen-bond donors (Lipinski definition) is 1. The van der Waals surface area contributed by atoms with Crippen LogP contribution in [0.5, 0.6) is 0 Å². The number of nitrogens with zero attached hydrogens (tertiary/aromatic N) is 3. The molecule has 0 spiro atoms. The average Bonchev–Trinajstić information content (AvgIpc) is 2.82. The molecule has 2 aromatic rings. The normalized spacial score (nSPS) is 20.1. The number of pyridine rings is 1. The summed E-state index contributed by atoms with van der Waals surface area (Å²) < 4.78 is 1.62. The van der Waals surface area contributed by atoms with E-state index in [1.807, 2.05) is 12.1 Å². The molecular formula is C13H16N4O. The molecule has 5 nitrogen and oxygen atoms in total. The van der Waals surface area contributed by atoms with Crippen LogP contribution >= 0.6 is 0 Å². The fourth-order valence-corrected chi connectivity index (χ4v) is 2.50. The van der Waals surface area contributed by atoms with Crippen molar-refractivity contribution in [2.75, 3.05) is 13.1 Å². The number of piperidine rings is 1. The smallest absolute Gasteiger partial charge is 0.168 e. The Labute approximate surface area is 105 Å². The largest absolute Gasteiger partial charge is 0.316 e. The van der Waals surface area contributed by atoms with Gasteiger partial charge in [-0.2, -0.15) is 5.10 Å². The number of hydrogen-bond acceptors (Lipinski definition) is 4. The van der Waals surface area contributed by atoms with Crippen molar-refractivity contribution in [3.8, 4) is 0 Å². The number of rotatable bonds is 3. The average molecular weight is 244 g/mol. The molecule has 3 heterocycles. The van der Waals surface area contributed by atoms with Crippen LogP contribution in [0.1, 0.15) is 29.2 Å². The maximum Gasteiger partial charge on any atom is 0.168 e. The Morgan fingerprint density at radius 3 is 3.22 bits per heavy atom. The minimum absolute atomic E-state index is 0.549. The van der Waals surface area contributed by atoms with E-state index in [4.69, 9.17) is 0 Å². The molecule has 0 aromatic carbocycles. The molecule has 2 aromatic heterocycles. The quantitative estimate of drug-likeness (QED) is 0.821. The Morgan fingerprint density at radius 2 is 2.44 bits per heavy atom. The van der Waals surface area contributed by atoms with E-state index in [0.717, 1.165) is 37.3 Å². The van der Waals surface area contributed by atoms with Crippen molar-refractivity contribution >= 4 is 11.9 Å². The van der Waals surface area contributed by atoms with Gasteiger partial charge in [0.15, 0.2) is 17.8 Å². The zero-order valence-corrected chi connectivity index (χ0v) is 10.2. The molecule has 1 unspecified atom stereocenters. The van der Waals surface area contributed by atoms with Crippen molar-refractivity contribution < 1.29 is 4.79 Å². The maximum absolute atomic E-state index is 10.9. The van der Waals surface area contributed by atoms with Crippen molar-refractivity contribution in [3.05, 3.63) is 29.7 Å². The van der Waals surface area contributed by atoms with Crippen molar-refractivity contribution in [2.24, 2.45) is 5.92 Å². The highest BCUT2D eigenvalue weighted by Crippen LogP contribution is 2.15. The topological polar surface area (TPSA) is 59.3 Å². The Hall–Kier alpha value is -1.75. The Kier molecular flexibility index (Phi) is 3.06. The lowest BCUT2D eigenvalue weighted by Crippen LogP contribution is -2.31. The van der Waals surface area contributed by atoms with Crippen LogP contribution in [0.2, 0.25) is 0 Å². The van der Waals surface area contributed by atoms with Gasteiger partial charge < -0.3 is 5.32 Å². The van der Waals surface area contributed by atoms with E-state index in [1.54, 1.807) is 10.6 Å². The van der Waals surface area contributed by atoms with Gasteiger partial charge in [-0.25, -0.2) is 9.50 Å². The van der Waals surface area contributed by atoms with Crippen molar-refractivity contribution in [1.82, 2.24) is 19.9 Å². The molecule has 0 bridgehead atoms. The number of aldehydes is 1. The summed E-state index contributed by atoms with van der Waals surface area (Å²) in [6.45, 7) is 2.15. The minimum atomic E-state index is 0.549. The van der Waals surface area contributed by atoms with Gasteiger partial charge in [0, 0.05) is 6.42 Å². The first kappa shape index (κ1) is 11.3. The first-order valence-corrected chi connectivity index (χ1v) is 6.37. The highest BCUT2D eigenvalue weighted by atomic mass is 16.1. The number of carbonyl (C=O) groups excluding carboxylic acids is 1. The van der Waals surface area contributed by atoms with E-state index in [2.05, 4.69) is 15.4 Å². The highest BCUT2D eigenvalue weighted by Gasteiger charge is 2.16. The number of fused-ring (bicyclic) bond motifs is 1. The maximum atomic E-state index is 10.9. The molecule has 0 aliphatic carbocycles. The monoisotopic (exact) mass is 244 g/mol. The van der Waals surface area contributed by atoms with Crippen LogP contribution in [0, 0.1) is 5.92 Å². The molecule has 1 aliphatic heterocycles. The third-order valence-electron chi connectivity index (χ3n) is 3.42. The molecule has 1 aliphatic rings. The summed E-state index contributed by atoms with van der Waals surface area (Å²) in [5.74, 6) is 1.44. The van der Waals surface area contributed by atoms with Gasteiger partial charge in [0.05, 0.1) is 0 Å². The summed E-state index contributed by atoms with van der Waals surface area (Å²) in [7, 11) is 0. The van der Waals surface area contributed by atoms with Crippen LogP contribution in [-0.2, 0) is 6.42 Å². The second-order valence-corrected chi connectivity index (χ2v) is 4.78. The van der Waals surface area contributed by atoms with E-state index in [9.17, 15) is 4.79 Å². The van der Waals surface area contributed by atoms with Gasteiger partial charge in [-0.05, 0) is 44.0 Å². The lowest BCUT2D eigenvalue weighted by atomic mass is 9.96. The molecule has 94 valence electrons. The van der Waals surface area contributed by atoms with Gasteiger partial charge in [0.25, 0.3) is 0 Å². The first-order chi connectivity index (χ1) is 8.86. The lowest BCUT2D eigenvalue weighted by molar-refractivity contribution is 0.111. The van der Waals surface area contributed by atoms with E-state index in [0.29, 0.717) is 11.6 Å². The summed E-state index contributed by atoms with van der Waals surface area (Å²) in [6, 6.07) is 5.46. The van der Waals surface area contributed by atoms with E-state index < -0.39 is 0 Å². The predicted molar refractivity (Wildman–Crippen MR) is 67.7 cm³/mol. The second-order valence-electron chi connectivity index (χ2n) is 4.78. The molecule has 18 heavy (non-hydrogen) atoms. The number of nitrogens with one attached hydrogen (secondary N) is 1. The lowest BCUT2D eigenvalue weighted by Gasteiger charge is -2.21. The van der Waals surface area contributed by atoms with Crippen LogP contribution in [0.3, 0.4) is 0 Å². The van der Waals surface area contributed by atoms with Crippen molar-refractivity contribution in [1.29, 1.82) is 0 Å². The zero-order chi connectivity index (χ0) is 12.4. The molecule has 1 atom stereocenters. The SMILES string of the molecule is O=Cc1cccc2nc(CC3CCCNC3)nn12. The minimum Gasteiger partial charge on any atom is -0.316 e. The molecular weight excluding hydrogens is 228 g/mol. The third kappa shape index (κ3) is 2.13. The molecule has 0 radical (unpaired) electrons. The molecule has 5 heteroatoms. The summed E-state index contributed by atoms with van der Waals surface area (Å²) >= 11 is 0. The van der Waals surface area contributed by atoms with E-state index in [-0.39, 0.29) is 0 Å². The fourth-order valence-electron chi connectivity index (χ4n) is 2.50. The third-order valence-corrected chi connectivity index (χ3v) is 3.42. The van der Waals surface area contributed by atoms with Crippen molar-refractivity contribution in [3.63, 3.8) is 0 Å². The van der Waals surface area contributed by atoms with E-state index in [1.165, 1.54) is 12.8 Å². The Balaban J connectivity index is 1.86. The zero-order valence-electron chi connectivity index (χ0n) is 10.2. The van der Waals surface area contributed by atoms with Gasteiger partial charge in [-0.3, -0.25) is 4.79 Å². The molecule has 3 rings (SSSR count). The van der Waals surface area contributed by atoms with Crippen LogP contribution in [0.4, 0.5) is 0 Å². The van der Waals surface area contributed by atoms with Crippen molar-refractivity contribution in [2.45, 2.75) is 19.3 Å². The number of carbonyl (C=O) groups is 1. The number of aromatic nitrogens is 3. The van der Waals surface area contributed by atoms with Gasteiger partial charge in [-0.1, -0.05) is 6.07 Å². The Bertz CT molecular complexity index is 557. The van der Waals surface area contributed by atoms with Gasteiger partial charge in [-0.15, -0.1) is 0 Å². The van der Waals surface area contributed by atoms with Gasteiger partial charge in [0.2, 0.25) is 0 Å². The summed E-state index contributed by atoms with van der Waals surface area (Å²) in [5.41, 5.74) is 1.30. The second kappa shape index (κ2) is 4.86. The summed E-state index contributed by atoms with van der Waals surface area (Å²) in [4.78, 5) is 15.4. The molecule has 0 amide bonds. The van der Waals surface area contributed by atoms with Crippen LogP contribution in [0.15, 0.2) is 18.2 Å². The van der Waals surface area contributed by atoms with Gasteiger partial charge in [0.1, 0.15) is 5.69 Å². The summed E-state index contributed by atoms with van der Waals surface area (Å²) in [5, 5.41) is 7.82. The molecule has 1 saturated heterocycles. The van der Waals surface area contributed by atoms with Gasteiger partial charge >= 0.3 is 0 Å². The summed E-state index contributed by atoms with van der Waals surface area (Å²) in [6.07, 6.45) is 4.14. The fraction of sp³-hybridized carbons (Fsp3) is 0.462. The van der Waals surface area contributed by atoms with Crippen LogP contribution in [-0.4, -0.2) is 34.0 Å².